The zero-order valence-electron chi connectivity index (χ0n) is 16.0. The average molecular weight is 392 g/mol. The predicted molar refractivity (Wildman–Crippen MR) is 112 cm³/mol. The topological polar surface area (TPSA) is 63.9 Å². The van der Waals surface area contributed by atoms with Gasteiger partial charge in [0.2, 0.25) is 4.96 Å². The van der Waals surface area contributed by atoms with Gasteiger partial charge in [-0.1, -0.05) is 78.4 Å². The molecule has 0 aliphatic carbocycles. The van der Waals surface area contributed by atoms with Gasteiger partial charge in [0, 0.05) is 17.2 Å². The van der Waals surface area contributed by atoms with Crippen molar-refractivity contribution in [3.63, 3.8) is 0 Å². The largest absolute Gasteiger partial charge is 0.331 e. The number of benzene rings is 2. The first-order valence-corrected chi connectivity index (χ1v) is 10.3. The van der Waals surface area contributed by atoms with Gasteiger partial charge in [-0.15, -0.1) is 0 Å². The normalized spacial score (nSPS) is 12.4. The Kier molecular flexibility index (Phi) is 5.32. The lowest BCUT2D eigenvalue weighted by molar-refractivity contribution is -0.702. The summed E-state index contributed by atoms with van der Waals surface area (Å²) in [5.41, 5.74) is 4.38. The van der Waals surface area contributed by atoms with E-state index in [1.165, 1.54) is 32.5 Å². The standard InChI is InChI=1S/C22H22N4OS/c1-3-19-25-26-20(27)13-18(24-22(26)28-19)14-23-21(16-7-5-4-6-8-16)17-11-9-15(2)10-12-17/h4-13,21,23H,3,14H2,1-2H3/p+1/t21-/m0/s1. The second kappa shape index (κ2) is 8.04. The predicted octanol–water partition coefficient (Wildman–Crippen LogP) is 2.87. The Labute approximate surface area is 167 Å². The van der Waals surface area contributed by atoms with Gasteiger partial charge >= 0.3 is 0 Å². The summed E-state index contributed by atoms with van der Waals surface area (Å²) >= 11 is 1.48. The van der Waals surface area contributed by atoms with Gasteiger partial charge < -0.3 is 5.32 Å². The summed E-state index contributed by atoms with van der Waals surface area (Å²) < 4.78 is 1.40. The Morgan fingerprint density at radius 3 is 2.50 bits per heavy atom. The third-order valence-electron chi connectivity index (χ3n) is 4.80. The molecule has 0 radical (unpaired) electrons. The van der Waals surface area contributed by atoms with Crippen LogP contribution in [0, 0.1) is 6.92 Å². The Morgan fingerprint density at radius 1 is 1.07 bits per heavy atom. The Balaban J connectivity index is 1.63. The fourth-order valence-electron chi connectivity index (χ4n) is 3.28. The number of hydrogen-bond acceptors (Lipinski definition) is 4. The number of aromatic nitrogens is 3. The van der Waals surface area contributed by atoms with Crippen molar-refractivity contribution in [2.24, 2.45) is 0 Å². The van der Waals surface area contributed by atoms with Gasteiger partial charge in [-0.3, -0.25) is 4.79 Å². The fraction of sp³-hybridized carbons (Fsp3) is 0.227. The van der Waals surface area contributed by atoms with Crippen LogP contribution in [0.25, 0.3) is 4.96 Å². The summed E-state index contributed by atoms with van der Waals surface area (Å²) in [6, 6.07) is 20.8. The minimum Gasteiger partial charge on any atom is -0.331 e. The molecular formula is C22H23N4OS+. The second-order valence-electron chi connectivity index (χ2n) is 6.87. The maximum Gasteiger partial charge on any atom is 0.275 e. The lowest BCUT2D eigenvalue weighted by Gasteiger charge is -2.16. The van der Waals surface area contributed by atoms with Crippen molar-refractivity contribution >= 4 is 16.3 Å². The van der Waals surface area contributed by atoms with Crippen molar-refractivity contribution < 1.29 is 5.32 Å². The van der Waals surface area contributed by atoms with Crippen LogP contribution in [0.5, 0.6) is 0 Å². The van der Waals surface area contributed by atoms with Crippen LogP contribution in [-0.4, -0.2) is 14.6 Å². The van der Waals surface area contributed by atoms with Crippen molar-refractivity contribution in [2.45, 2.75) is 32.9 Å². The molecule has 0 amide bonds. The molecule has 2 aromatic heterocycles. The first-order chi connectivity index (χ1) is 13.6. The van der Waals surface area contributed by atoms with Crippen LogP contribution < -0.4 is 10.9 Å². The molecule has 2 heterocycles. The molecule has 28 heavy (non-hydrogen) atoms. The monoisotopic (exact) mass is 391 g/mol. The van der Waals surface area contributed by atoms with Crippen molar-refractivity contribution in [1.29, 1.82) is 0 Å². The summed E-state index contributed by atoms with van der Waals surface area (Å²) in [5.74, 6) is 0. The van der Waals surface area contributed by atoms with E-state index in [1.54, 1.807) is 6.07 Å². The first kappa shape index (κ1) is 18.5. The molecule has 0 fully saturated rings. The third kappa shape index (κ3) is 3.88. The van der Waals surface area contributed by atoms with E-state index >= 15 is 0 Å². The Bertz CT molecular complexity index is 1130. The number of fused-ring (bicyclic) bond motifs is 1. The van der Waals surface area contributed by atoms with Crippen LogP contribution in [0.15, 0.2) is 65.5 Å². The van der Waals surface area contributed by atoms with Crippen molar-refractivity contribution in [3.8, 4) is 0 Å². The number of hydrogen-bond donors (Lipinski definition) is 1. The molecule has 5 nitrogen and oxygen atoms in total. The minimum absolute atomic E-state index is 0.115. The van der Waals surface area contributed by atoms with Gasteiger partial charge in [0.05, 0.1) is 0 Å². The van der Waals surface area contributed by atoms with E-state index in [2.05, 4.69) is 70.9 Å². The van der Waals surface area contributed by atoms with E-state index in [0.29, 0.717) is 11.5 Å². The number of nitrogens with zero attached hydrogens (tertiary/aromatic N) is 3. The number of aryl methyl sites for hydroxylation is 2. The Morgan fingerprint density at radius 2 is 1.79 bits per heavy atom. The highest BCUT2D eigenvalue weighted by Crippen LogP contribution is 2.19. The fourth-order valence-corrected chi connectivity index (χ4v) is 4.14. The van der Waals surface area contributed by atoms with Crippen LogP contribution >= 0.6 is 11.3 Å². The average Bonchev–Trinajstić information content (AvgIpc) is 3.14. The summed E-state index contributed by atoms with van der Waals surface area (Å²) in [6.07, 6.45) is 0.804. The van der Waals surface area contributed by atoms with Crippen LogP contribution in [0.3, 0.4) is 0 Å². The van der Waals surface area contributed by atoms with E-state index in [-0.39, 0.29) is 11.6 Å². The third-order valence-corrected chi connectivity index (χ3v) is 5.85. The maximum absolute atomic E-state index is 12.4. The van der Waals surface area contributed by atoms with E-state index in [4.69, 9.17) is 0 Å². The quantitative estimate of drug-likeness (QED) is 0.550. The van der Waals surface area contributed by atoms with Gasteiger partial charge in [0.1, 0.15) is 23.3 Å². The van der Waals surface area contributed by atoms with Gasteiger partial charge in [-0.2, -0.15) is 9.61 Å². The van der Waals surface area contributed by atoms with Crippen molar-refractivity contribution in [3.05, 3.63) is 98.4 Å². The summed E-state index contributed by atoms with van der Waals surface area (Å²) in [6.45, 7) is 4.75. The first-order valence-electron chi connectivity index (χ1n) is 9.47. The van der Waals surface area contributed by atoms with Crippen LogP contribution in [0.2, 0.25) is 0 Å². The highest BCUT2D eigenvalue weighted by Gasteiger charge is 2.18. The van der Waals surface area contributed by atoms with Crippen LogP contribution in [0.4, 0.5) is 0 Å². The smallest absolute Gasteiger partial charge is 0.275 e. The SMILES string of the molecule is CCc1nn2c(=O)cc(C[NH2+][C@@H](c3ccccc3)c3ccc(C)cc3)nc2s1. The van der Waals surface area contributed by atoms with Crippen molar-refractivity contribution in [1.82, 2.24) is 14.6 Å². The van der Waals surface area contributed by atoms with E-state index < -0.39 is 0 Å². The summed E-state index contributed by atoms with van der Waals surface area (Å²) in [7, 11) is 0. The van der Waals surface area contributed by atoms with Gasteiger partial charge in [-0.05, 0) is 13.3 Å². The molecule has 1 atom stereocenters. The molecule has 0 aliphatic rings. The molecule has 0 spiro atoms. The molecule has 2 aromatic carbocycles. The zero-order valence-corrected chi connectivity index (χ0v) is 16.8. The molecule has 0 bridgehead atoms. The molecule has 0 unspecified atom stereocenters. The van der Waals surface area contributed by atoms with Gasteiger partial charge in [-0.25, -0.2) is 4.98 Å². The summed E-state index contributed by atoms with van der Waals surface area (Å²) in [4.78, 5) is 17.7. The second-order valence-corrected chi connectivity index (χ2v) is 7.91. The summed E-state index contributed by atoms with van der Waals surface area (Å²) in [5, 5.41) is 7.48. The van der Waals surface area contributed by atoms with E-state index in [0.717, 1.165) is 17.1 Å². The molecule has 0 aliphatic heterocycles. The highest BCUT2D eigenvalue weighted by molar-refractivity contribution is 7.16. The molecular weight excluding hydrogens is 368 g/mol. The van der Waals surface area contributed by atoms with Gasteiger partial charge in [0.15, 0.2) is 0 Å². The molecule has 0 saturated carbocycles. The molecule has 4 aromatic rings. The van der Waals surface area contributed by atoms with E-state index in [9.17, 15) is 4.79 Å². The van der Waals surface area contributed by atoms with Crippen LogP contribution in [-0.2, 0) is 13.0 Å². The molecule has 6 heteroatoms. The maximum atomic E-state index is 12.4. The molecule has 4 rings (SSSR count). The van der Waals surface area contributed by atoms with Crippen molar-refractivity contribution in [2.75, 3.05) is 0 Å². The Hall–Kier alpha value is -2.83. The van der Waals surface area contributed by atoms with Crippen LogP contribution in [0.1, 0.15) is 40.4 Å². The van der Waals surface area contributed by atoms with E-state index in [1.807, 2.05) is 13.0 Å². The van der Waals surface area contributed by atoms with Gasteiger partial charge in [0.25, 0.3) is 5.56 Å². The molecule has 142 valence electrons. The minimum atomic E-state index is -0.115. The lowest BCUT2D eigenvalue weighted by atomic mass is 9.98. The zero-order chi connectivity index (χ0) is 19.5. The number of rotatable bonds is 6. The number of quaternary nitrogens is 1. The number of nitrogens with two attached hydrogens (primary N) is 1. The highest BCUT2D eigenvalue weighted by atomic mass is 32.1. The lowest BCUT2D eigenvalue weighted by Crippen LogP contribution is -2.84. The molecule has 2 N–H and O–H groups in total. The molecule has 0 saturated heterocycles.